The highest BCUT2D eigenvalue weighted by Crippen LogP contribution is 2.14. The van der Waals surface area contributed by atoms with Gasteiger partial charge in [0.2, 0.25) is 5.91 Å². The van der Waals surface area contributed by atoms with Crippen molar-refractivity contribution in [2.75, 3.05) is 6.61 Å². The summed E-state index contributed by atoms with van der Waals surface area (Å²) in [5, 5.41) is 13.5. The van der Waals surface area contributed by atoms with Gasteiger partial charge in [-0.3, -0.25) is 14.9 Å². The van der Waals surface area contributed by atoms with Gasteiger partial charge in [-0.25, -0.2) is 0 Å². The average molecular weight is 314 g/mol. The highest BCUT2D eigenvalue weighted by atomic mass is 16.6. The summed E-state index contributed by atoms with van der Waals surface area (Å²) in [5.41, 5.74) is 1.59. The number of nitro benzene ring substituents is 1. The van der Waals surface area contributed by atoms with Crippen LogP contribution >= 0.6 is 0 Å². The minimum atomic E-state index is -0.453. The Morgan fingerprint density at radius 1 is 1.17 bits per heavy atom. The number of benzene rings is 2. The molecule has 0 fully saturated rings. The van der Waals surface area contributed by atoms with Crippen LogP contribution in [0.4, 0.5) is 5.69 Å². The summed E-state index contributed by atoms with van der Waals surface area (Å²) < 4.78 is 5.35. The molecule has 0 heterocycles. The molecule has 0 spiro atoms. The Bertz CT molecular complexity index is 683. The maximum Gasteiger partial charge on any atom is 0.269 e. The summed E-state index contributed by atoms with van der Waals surface area (Å²) in [6.45, 7) is 2.77. The first kappa shape index (κ1) is 16.5. The van der Waals surface area contributed by atoms with E-state index in [0.29, 0.717) is 12.2 Å². The third kappa shape index (κ3) is 5.10. The molecule has 0 bridgehead atoms. The van der Waals surface area contributed by atoms with Crippen LogP contribution in [0.25, 0.3) is 0 Å². The van der Waals surface area contributed by atoms with Gasteiger partial charge in [0, 0.05) is 18.7 Å². The van der Waals surface area contributed by atoms with Gasteiger partial charge in [-0.15, -0.1) is 0 Å². The third-order valence-electron chi connectivity index (χ3n) is 3.21. The molecule has 0 aliphatic carbocycles. The van der Waals surface area contributed by atoms with Crippen LogP contribution in [0.5, 0.6) is 5.75 Å². The molecule has 0 aliphatic rings. The first-order valence-corrected chi connectivity index (χ1v) is 7.30. The number of nitro groups is 1. The van der Waals surface area contributed by atoms with E-state index in [1.165, 1.54) is 12.1 Å². The molecule has 0 atom stereocenters. The molecule has 0 aromatic heterocycles. The number of rotatable bonds is 7. The molecular weight excluding hydrogens is 296 g/mol. The van der Waals surface area contributed by atoms with E-state index in [2.05, 4.69) is 5.32 Å². The third-order valence-corrected chi connectivity index (χ3v) is 3.21. The number of amides is 1. The van der Waals surface area contributed by atoms with Crippen molar-refractivity contribution in [3.63, 3.8) is 0 Å². The second-order valence-electron chi connectivity index (χ2n) is 4.96. The van der Waals surface area contributed by atoms with Gasteiger partial charge < -0.3 is 10.1 Å². The molecule has 1 amide bonds. The zero-order valence-electron chi connectivity index (χ0n) is 12.8. The molecule has 2 rings (SSSR count). The van der Waals surface area contributed by atoms with Crippen molar-refractivity contribution < 1.29 is 14.5 Å². The van der Waals surface area contributed by atoms with E-state index in [1.54, 1.807) is 12.1 Å². The standard InChI is InChI=1S/C17H18N2O4/c1-2-23-16-8-6-13(7-9-16)11-17(20)18-12-14-4-3-5-15(10-14)19(21)22/h3-10H,2,11-12H2,1H3,(H,18,20). The minimum Gasteiger partial charge on any atom is -0.494 e. The SMILES string of the molecule is CCOc1ccc(CC(=O)NCc2cccc([N+](=O)[O-])c2)cc1. The smallest absolute Gasteiger partial charge is 0.269 e. The van der Waals surface area contributed by atoms with Gasteiger partial charge >= 0.3 is 0 Å². The summed E-state index contributed by atoms with van der Waals surface area (Å²) in [7, 11) is 0. The Labute approximate surface area is 134 Å². The highest BCUT2D eigenvalue weighted by molar-refractivity contribution is 5.78. The summed E-state index contributed by atoms with van der Waals surface area (Å²) in [6.07, 6.45) is 0.251. The number of ether oxygens (including phenoxy) is 1. The topological polar surface area (TPSA) is 81.5 Å². The van der Waals surface area contributed by atoms with E-state index in [9.17, 15) is 14.9 Å². The van der Waals surface area contributed by atoms with Crippen LogP contribution in [0.15, 0.2) is 48.5 Å². The Morgan fingerprint density at radius 3 is 2.57 bits per heavy atom. The van der Waals surface area contributed by atoms with Crippen molar-refractivity contribution >= 4 is 11.6 Å². The zero-order valence-corrected chi connectivity index (χ0v) is 12.8. The second-order valence-corrected chi connectivity index (χ2v) is 4.96. The van der Waals surface area contributed by atoms with E-state index >= 15 is 0 Å². The van der Waals surface area contributed by atoms with Crippen LogP contribution < -0.4 is 10.1 Å². The number of non-ortho nitro benzene ring substituents is 1. The number of carbonyl (C=O) groups excluding carboxylic acids is 1. The lowest BCUT2D eigenvalue weighted by atomic mass is 10.1. The maximum absolute atomic E-state index is 11.9. The monoisotopic (exact) mass is 314 g/mol. The molecule has 6 nitrogen and oxygen atoms in total. The van der Waals surface area contributed by atoms with E-state index < -0.39 is 4.92 Å². The highest BCUT2D eigenvalue weighted by Gasteiger charge is 2.07. The Hall–Kier alpha value is -2.89. The molecule has 1 N–H and O–H groups in total. The number of carbonyl (C=O) groups is 1. The molecule has 0 saturated carbocycles. The first-order valence-electron chi connectivity index (χ1n) is 7.30. The van der Waals surface area contributed by atoms with Crippen molar-refractivity contribution in [3.05, 3.63) is 69.8 Å². The van der Waals surface area contributed by atoms with Crippen molar-refractivity contribution in [1.29, 1.82) is 0 Å². The predicted molar refractivity (Wildman–Crippen MR) is 86.3 cm³/mol. The van der Waals surface area contributed by atoms with Crippen molar-refractivity contribution in [2.24, 2.45) is 0 Å². The Morgan fingerprint density at radius 2 is 1.91 bits per heavy atom. The van der Waals surface area contributed by atoms with E-state index in [1.807, 2.05) is 31.2 Å². The van der Waals surface area contributed by atoms with Gasteiger partial charge in [-0.2, -0.15) is 0 Å². The molecule has 23 heavy (non-hydrogen) atoms. The number of nitrogens with one attached hydrogen (secondary N) is 1. The van der Waals surface area contributed by atoms with Gasteiger partial charge in [0.15, 0.2) is 0 Å². The molecule has 6 heteroatoms. The fourth-order valence-electron chi connectivity index (χ4n) is 2.10. The van der Waals surface area contributed by atoms with Gasteiger partial charge in [-0.05, 0) is 30.2 Å². The van der Waals surface area contributed by atoms with Crippen LogP contribution in [-0.4, -0.2) is 17.4 Å². The van der Waals surface area contributed by atoms with E-state index in [0.717, 1.165) is 11.3 Å². The first-order chi connectivity index (χ1) is 11.1. The molecule has 0 aliphatic heterocycles. The van der Waals surface area contributed by atoms with Gasteiger partial charge in [-0.1, -0.05) is 24.3 Å². The number of hydrogen-bond acceptors (Lipinski definition) is 4. The lowest BCUT2D eigenvalue weighted by Gasteiger charge is -2.07. The quantitative estimate of drug-likeness (QED) is 0.629. The second kappa shape index (κ2) is 7.93. The summed E-state index contributed by atoms with van der Waals surface area (Å²) in [6, 6.07) is 13.6. The largest absolute Gasteiger partial charge is 0.494 e. The van der Waals surface area contributed by atoms with Gasteiger partial charge in [0.1, 0.15) is 5.75 Å². The number of nitrogens with zero attached hydrogens (tertiary/aromatic N) is 1. The van der Waals surface area contributed by atoms with Crippen LogP contribution in [0.3, 0.4) is 0 Å². The summed E-state index contributed by atoms with van der Waals surface area (Å²) in [4.78, 5) is 22.2. The van der Waals surface area contributed by atoms with Crippen LogP contribution in [-0.2, 0) is 17.8 Å². The van der Waals surface area contributed by atoms with Crippen molar-refractivity contribution in [1.82, 2.24) is 5.32 Å². The van der Waals surface area contributed by atoms with Gasteiger partial charge in [0.25, 0.3) is 5.69 Å². The van der Waals surface area contributed by atoms with Gasteiger partial charge in [0.05, 0.1) is 18.0 Å². The molecule has 0 radical (unpaired) electrons. The lowest BCUT2D eigenvalue weighted by Crippen LogP contribution is -2.24. The molecule has 0 saturated heterocycles. The molecular formula is C17H18N2O4. The number of hydrogen-bond donors (Lipinski definition) is 1. The van der Waals surface area contributed by atoms with E-state index in [4.69, 9.17) is 4.74 Å². The lowest BCUT2D eigenvalue weighted by molar-refractivity contribution is -0.384. The molecule has 0 unspecified atom stereocenters. The maximum atomic E-state index is 11.9. The predicted octanol–water partition coefficient (Wildman–Crippen LogP) is 2.85. The average Bonchev–Trinajstić information content (AvgIpc) is 2.55. The zero-order chi connectivity index (χ0) is 16.7. The minimum absolute atomic E-state index is 0.0169. The Kier molecular flexibility index (Phi) is 5.68. The van der Waals surface area contributed by atoms with E-state index in [-0.39, 0.29) is 24.6 Å². The summed E-state index contributed by atoms with van der Waals surface area (Å²) >= 11 is 0. The fourth-order valence-corrected chi connectivity index (χ4v) is 2.10. The van der Waals surface area contributed by atoms with Crippen LogP contribution in [0.1, 0.15) is 18.1 Å². The van der Waals surface area contributed by atoms with Crippen LogP contribution in [0, 0.1) is 10.1 Å². The molecule has 2 aromatic rings. The van der Waals surface area contributed by atoms with Crippen LogP contribution in [0.2, 0.25) is 0 Å². The van der Waals surface area contributed by atoms with Crippen molar-refractivity contribution in [3.8, 4) is 5.75 Å². The Balaban J connectivity index is 1.87. The normalized spacial score (nSPS) is 10.1. The molecule has 120 valence electrons. The van der Waals surface area contributed by atoms with Crippen molar-refractivity contribution in [2.45, 2.75) is 19.9 Å². The fraction of sp³-hybridized carbons (Fsp3) is 0.235. The molecule has 2 aromatic carbocycles. The summed E-state index contributed by atoms with van der Waals surface area (Å²) in [5.74, 6) is 0.633.